The second-order valence-electron chi connectivity index (χ2n) is 4.05. The number of methoxy groups -OCH3 is 1. The second kappa shape index (κ2) is 5.34. The highest BCUT2D eigenvalue weighted by atomic mass is 35.5. The van der Waals surface area contributed by atoms with E-state index in [2.05, 4.69) is 15.0 Å². The van der Waals surface area contributed by atoms with Gasteiger partial charge in [-0.15, -0.1) is 0 Å². The van der Waals surface area contributed by atoms with Gasteiger partial charge >= 0.3 is 6.01 Å². The molecule has 7 nitrogen and oxygen atoms in total. The third-order valence-electron chi connectivity index (χ3n) is 2.94. The van der Waals surface area contributed by atoms with E-state index >= 15 is 0 Å². The Balaban J connectivity index is 2.09. The van der Waals surface area contributed by atoms with Crippen LogP contribution in [0, 0.1) is 5.92 Å². The molecule has 1 aliphatic heterocycles. The lowest BCUT2D eigenvalue weighted by Crippen LogP contribution is -2.39. The molecule has 0 aliphatic carbocycles. The predicted octanol–water partition coefficient (Wildman–Crippen LogP) is 0.235. The number of primary amides is 1. The normalized spacial score (nSPS) is 16.7. The van der Waals surface area contributed by atoms with Gasteiger partial charge in [-0.25, -0.2) is 0 Å². The third kappa shape index (κ3) is 2.79. The fourth-order valence-corrected chi connectivity index (χ4v) is 2.07. The minimum atomic E-state index is -0.249. The van der Waals surface area contributed by atoms with Gasteiger partial charge in [0.05, 0.1) is 7.11 Å². The maximum Gasteiger partial charge on any atom is 0.322 e. The standard InChI is InChI=1S/C10H14ClN5O2/c1-18-10-14-8(11)13-9(15-10)16-4-2-6(3-5-16)7(12)17/h6H,2-5H2,1H3,(H2,12,17). The van der Waals surface area contributed by atoms with E-state index in [0.717, 1.165) is 0 Å². The van der Waals surface area contributed by atoms with Crippen molar-refractivity contribution in [3.63, 3.8) is 0 Å². The largest absolute Gasteiger partial charge is 0.467 e. The molecule has 0 saturated carbocycles. The zero-order chi connectivity index (χ0) is 13.1. The van der Waals surface area contributed by atoms with Gasteiger partial charge in [0, 0.05) is 19.0 Å². The average Bonchev–Trinajstić information content (AvgIpc) is 2.38. The number of hydrogen-bond acceptors (Lipinski definition) is 6. The molecule has 0 unspecified atom stereocenters. The van der Waals surface area contributed by atoms with E-state index in [1.807, 2.05) is 4.90 Å². The first-order chi connectivity index (χ1) is 8.60. The van der Waals surface area contributed by atoms with Crippen LogP contribution in [0.3, 0.4) is 0 Å². The number of anilines is 1. The first kappa shape index (κ1) is 12.8. The zero-order valence-electron chi connectivity index (χ0n) is 9.97. The smallest absolute Gasteiger partial charge is 0.322 e. The number of ether oxygens (including phenoxy) is 1. The van der Waals surface area contributed by atoms with Crippen molar-refractivity contribution in [3.8, 4) is 6.01 Å². The Labute approximate surface area is 109 Å². The molecule has 2 N–H and O–H groups in total. The minimum absolute atomic E-state index is 0.0690. The van der Waals surface area contributed by atoms with Gasteiger partial charge in [0.25, 0.3) is 0 Å². The summed E-state index contributed by atoms with van der Waals surface area (Å²) in [5, 5.41) is 0.0916. The van der Waals surface area contributed by atoms with Crippen LogP contribution in [0.25, 0.3) is 0 Å². The van der Waals surface area contributed by atoms with E-state index in [4.69, 9.17) is 22.1 Å². The summed E-state index contributed by atoms with van der Waals surface area (Å²) in [6.45, 7) is 1.33. The quantitative estimate of drug-likeness (QED) is 0.846. The number of rotatable bonds is 3. The summed E-state index contributed by atoms with van der Waals surface area (Å²) in [6.07, 6.45) is 1.39. The molecule has 1 amide bonds. The van der Waals surface area contributed by atoms with Crippen LogP contribution >= 0.6 is 11.6 Å². The molecule has 1 saturated heterocycles. The predicted molar refractivity (Wildman–Crippen MR) is 65.5 cm³/mol. The van der Waals surface area contributed by atoms with E-state index < -0.39 is 0 Å². The number of hydrogen-bond donors (Lipinski definition) is 1. The first-order valence-corrected chi connectivity index (χ1v) is 5.97. The van der Waals surface area contributed by atoms with Gasteiger partial charge in [-0.2, -0.15) is 15.0 Å². The van der Waals surface area contributed by atoms with Crippen molar-refractivity contribution in [2.24, 2.45) is 11.7 Å². The lowest BCUT2D eigenvalue weighted by molar-refractivity contribution is -0.122. The summed E-state index contributed by atoms with van der Waals surface area (Å²) in [4.78, 5) is 25.0. The molecule has 0 atom stereocenters. The molecule has 0 bridgehead atoms. The van der Waals surface area contributed by atoms with E-state index in [1.165, 1.54) is 7.11 Å². The summed E-state index contributed by atoms with van der Waals surface area (Å²) in [5.41, 5.74) is 5.28. The van der Waals surface area contributed by atoms with Gasteiger partial charge in [0.2, 0.25) is 17.1 Å². The molecule has 1 aromatic rings. The number of amides is 1. The monoisotopic (exact) mass is 271 g/mol. The van der Waals surface area contributed by atoms with Crippen molar-refractivity contribution in [1.82, 2.24) is 15.0 Å². The number of aromatic nitrogens is 3. The van der Waals surface area contributed by atoms with Crippen molar-refractivity contribution in [3.05, 3.63) is 5.28 Å². The Morgan fingerprint density at radius 3 is 2.61 bits per heavy atom. The van der Waals surface area contributed by atoms with Crippen molar-refractivity contribution in [2.45, 2.75) is 12.8 Å². The number of carbonyl (C=O) groups excluding carboxylic acids is 1. The number of nitrogens with two attached hydrogens (primary N) is 1. The summed E-state index contributed by atoms with van der Waals surface area (Å²) >= 11 is 5.78. The number of piperidine rings is 1. The van der Waals surface area contributed by atoms with Gasteiger partial charge in [0.15, 0.2) is 0 Å². The molecule has 1 aromatic heterocycles. The van der Waals surface area contributed by atoms with Crippen LogP contribution in [-0.2, 0) is 4.79 Å². The fraction of sp³-hybridized carbons (Fsp3) is 0.600. The van der Waals surface area contributed by atoms with Gasteiger partial charge in [0.1, 0.15) is 0 Å². The highest BCUT2D eigenvalue weighted by molar-refractivity contribution is 6.28. The minimum Gasteiger partial charge on any atom is -0.467 e. The molecule has 0 spiro atoms. The maximum atomic E-state index is 11.1. The Morgan fingerprint density at radius 1 is 1.39 bits per heavy atom. The van der Waals surface area contributed by atoms with Crippen molar-refractivity contribution >= 4 is 23.5 Å². The molecule has 2 heterocycles. The Morgan fingerprint density at radius 2 is 2.06 bits per heavy atom. The van der Waals surface area contributed by atoms with E-state index in [1.54, 1.807) is 0 Å². The molecular weight excluding hydrogens is 258 g/mol. The number of carbonyl (C=O) groups is 1. The van der Waals surface area contributed by atoms with Crippen LogP contribution in [0.4, 0.5) is 5.95 Å². The molecule has 98 valence electrons. The molecule has 18 heavy (non-hydrogen) atoms. The highest BCUT2D eigenvalue weighted by Gasteiger charge is 2.25. The van der Waals surface area contributed by atoms with E-state index in [9.17, 15) is 4.79 Å². The molecule has 1 aliphatic rings. The van der Waals surface area contributed by atoms with Gasteiger partial charge in [-0.1, -0.05) is 0 Å². The van der Waals surface area contributed by atoms with Gasteiger partial charge in [-0.3, -0.25) is 4.79 Å². The topological polar surface area (TPSA) is 94.2 Å². The van der Waals surface area contributed by atoms with E-state index in [0.29, 0.717) is 31.9 Å². The Kier molecular flexibility index (Phi) is 3.81. The van der Waals surface area contributed by atoms with Gasteiger partial charge in [-0.05, 0) is 24.4 Å². The van der Waals surface area contributed by atoms with Crippen LogP contribution < -0.4 is 15.4 Å². The van der Waals surface area contributed by atoms with Crippen LogP contribution in [0.2, 0.25) is 5.28 Å². The highest BCUT2D eigenvalue weighted by Crippen LogP contribution is 2.22. The summed E-state index contributed by atoms with van der Waals surface area (Å²) in [7, 11) is 1.47. The molecular formula is C10H14ClN5O2. The fourth-order valence-electron chi connectivity index (χ4n) is 1.92. The molecule has 0 radical (unpaired) electrons. The summed E-state index contributed by atoms with van der Waals surface area (Å²) in [5.74, 6) is 0.149. The van der Waals surface area contributed by atoms with Crippen molar-refractivity contribution in [1.29, 1.82) is 0 Å². The van der Waals surface area contributed by atoms with Crippen LogP contribution in [0.15, 0.2) is 0 Å². The van der Waals surface area contributed by atoms with E-state index in [-0.39, 0.29) is 23.1 Å². The molecule has 8 heteroatoms. The van der Waals surface area contributed by atoms with Gasteiger partial charge < -0.3 is 15.4 Å². The molecule has 2 rings (SSSR count). The number of nitrogens with zero attached hydrogens (tertiary/aromatic N) is 4. The summed E-state index contributed by atoms with van der Waals surface area (Å²) in [6, 6.07) is 0.182. The van der Waals surface area contributed by atoms with Crippen LogP contribution in [0.1, 0.15) is 12.8 Å². The first-order valence-electron chi connectivity index (χ1n) is 5.60. The zero-order valence-corrected chi connectivity index (χ0v) is 10.7. The second-order valence-corrected chi connectivity index (χ2v) is 4.39. The Hall–Kier alpha value is -1.63. The maximum absolute atomic E-state index is 11.1. The molecule has 0 aromatic carbocycles. The lowest BCUT2D eigenvalue weighted by Gasteiger charge is -2.30. The average molecular weight is 272 g/mol. The number of halogens is 1. The third-order valence-corrected chi connectivity index (χ3v) is 3.11. The molecule has 1 fully saturated rings. The van der Waals surface area contributed by atoms with Crippen LogP contribution in [-0.4, -0.2) is 41.1 Å². The lowest BCUT2D eigenvalue weighted by atomic mass is 9.97. The SMILES string of the molecule is COc1nc(Cl)nc(N2CCC(C(N)=O)CC2)n1. The van der Waals surface area contributed by atoms with Crippen LogP contribution in [0.5, 0.6) is 6.01 Å². The van der Waals surface area contributed by atoms with Crippen molar-refractivity contribution < 1.29 is 9.53 Å². The van der Waals surface area contributed by atoms with Crippen molar-refractivity contribution in [2.75, 3.05) is 25.1 Å². The summed E-state index contributed by atoms with van der Waals surface area (Å²) < 4.78 is 4.94. The Bertz CT molecular complexity index is 448.